The Kier molecular flexibility index (Phi) is 6.47. The summed E-state index contributed by atoms with van der Waals surface area (Å²) < 4.78 is 0. The molecule has 1 atom stereocenters. The zero-order chi connectivity index (χ0) is 21.7. The number of carbonyl (C=O) groups excluding carboxylic acids is 2. The average Bonchev–Trinajstić information content (AvgIpc) is 2.98. The smallest absolute Gasteiger partial charge is 0.303 e. The van der Waals surface area contributed by atoms with E-state index in [-0.39, 0.29) is 25.0 Å². The minimum absolute atomic E-state index is 0.00589. The Labute approximate surface area is 174 Å². The molecule has 0 fully saturated rings. The molecule has 30 heavy (non-hydrogen) atoms. The zero-order valence-electron chi connectivity index (χ0n) is 16.6. The van der Waals surface area contributed by atoms with Gasteiger partial charge < -0.3 is 15.1 Å². The van der Waals surface area contributed by atoms with Gasteiger partial charge >= 0.3 is 5.97 Å². The van der Waals surface area contributed by atoms with Crippen molar-refractivity contribution in [2.75, 3.05) is 6.54 Å². The molecule has 1 aliphatic rings. The summed E-state index contributed by atoms with van der Waals surface area (Å²) in [5.41, 5.74) is 2.53. The number of hydrogen-bond acceptors (Lipinski definition) is 4. The van der Waals surface area contributed by atoms with Crippen LogP contribution in [0.25, 0.3) is 6.08 Å². The van der Waals surface area contributed by atoms with E-state index in [2.05, 4.69) is 0 Å². The molecule has 154 valence electrons. The molecule has 6 heteroatoms. The number of allylic oxidation sites excluding steroid dienone is 1. The number of ketones is 1. The Morgan fingerprint density at radius 3 is 2.37 bits per heavy atom. The third kappa shape index (κ3) is 4.66. The highest BCUT2D eigenvalue weighted by molar-refractivity contribution is 6.14. The maximum absolute atomic E-state index is 13.0. The molecule has 1 unspecified atom stereocenters. The lowest BCUT2D eigenvalue weighted by Crippen LogP contribution is -2.32. The molecule has 0 saturated heterocycles. The minimum atomic E-state index is -0.965. The van der Waals surface area contributed by atoms with Crippen LogP contribution in [0, 0.1) is 6.92 Å². The van der Waals surface area contributed by atoms with Gasteiger partial charge in [-0.3, -0.25) is 14.4 Å². The van der Waals surface area contributed by atoms with E-state index >= 15 is 0 Å². The largest absolute Gasteiger partial charge is 0.503 e. The second kappa shape index (κ2) is 9.22. The molecule has 0 saturated carbocycles. The number of aliphatic hydroxyl groups excluding tert-OH is 1. The molecule has 0 aromatic heterocycles. The number of rotatable bonds is 8. The number of nitrogens with zero attached hydrogens (tertiary/aromatic N) is 1. The topological polar surface area (TPSA) is 94.9 Å². The Morgan fingerprint density at radius 1 is 1.07 bits per heavy atom. The molecule has 0 spiro atoms. The monoisotopic (exact) mass is 405 g/mol. The summed E-state index contributed by atoms with van der Waals surface area (Å²) in [6.07, 6.45) is 3.09. The summed E-state index contributed by atoms with van der Waals surface area (Å²) in [6, 6.07) is 15.8. The fourth-order valence-electron chi connectivity index (χ4n) is 3.46. The summed E-state index contributed by atoms with van der Waals surface area (Å²) in [4.78, 5) is 37.9. The SMILES string of the molecule is Cc1ccc(C2C(C(=O)/C=C/c3ccccc3)=C(O)C(=O)N2CCCC(=O)O)cc1. The van der Waals surface area contributed by atoms with Gasteiger partial charge in [0.2, 0.25) is 0 Å². The first-order chi connectivity index (χ1) is 14.4. The predicted octanol–water partition coefficient (Wildman–Crippen LogP) is 3.84. The van der Waals surface area contributed by atoms with Crippen molar-refractivity contribution in [1.82, 2.24) is 4.90 Å². The van der Waals surface area contributed by atoms with Crippen molar-refractivity contribution < 1.29 is 24.6 Å². The van der Waals surface area contributed by atoms with E-state index in [1.165, 1.54) is 11.0 Å². The van der Waals surface area contributed by atoms with Gasteiger partial charge in [0.1, 0.15) is 0 Å². The number of aryl methyl sites for hydroxylation is 1. The van der Waals surface area contributed by atoms with Crippen molar-refractivity contribution in [3.63, 3.8) is 0 Å². The van der Waals surface area contributed by atoms with Crippen LogP contribution in [0.5, 0.6) is 0 Å². The third-order valence-corrected chi connectivity index (χ3v) is 4.98. The van der Waals surface area contributed by atoms with Gasteiger partial charge in [0, 0.05) is 13.0 Å². The predicted molar refractivity (Wildman–Crippen MR) is 113 cm³/mol. The van der Waals surface area contributed by atoms with Crippen LogP contribution in [0.15, 0.2) is 72.0 Å². The molecule has 1 heterocycles. The number of carboxylic acids is 1. The minimum Gasteiger partial charge on any atom is -0.503 e. The van der Waals surface area contributed by atoms with Gasteiger partial charge in [0.25, 0.3) is 5.91 Å². The van der Waals surface area contributed by atoms with E-state index in [0.29, 0.717) is 5.56 Å². The fourth-order valence-corrected chi connectivity index (χ4v) is 3.46. The normalized spacial score (nSPS) is 16.5. The fraction of sp³-hybridized carbons (Fsp3) is 0.208. The van der Waals surface area contributed by atoms with Gasteiger partial charge in [0.15, 0.2) is 11.5 Å². The van der Waals surface area contributed by atoms with Crippen LogP contribution in [0.2, 0.25) is 0 Å². The molecule has 2 N–H and O–H groups in total. The molecule has 0 radical (unpaired) electrons. The Hall–Kier alpha value is -3.67. The van der Waals surface area contributed by atoms with Gasteiger partial charge in [-0.15, -0.1) is 0 Å². The van der Waals surface area contributed by atoms with Gasteiger partial charge in [-0.1, -0.05) is 66.2 Å². The molecule has 6 nitrogen and oxygen atoms in total. The third-order valence-electron chi connectivity index (χ3n) is 4.98. The Balaban J connectivity index is 1.94. The zero-order valence-corrected chi connectivity index (χ0v) is 16.6. The first-order valence-corrected chi connectivity index (χ1v) is 9.68. The highest BCUT2D eigenvalue weighted by atomic mass is 16.4. The standard InChI is InChI=1S/C24H23NO5/c1-16-9-12-18(13-10-16)22-21(19(26)14-11-17-6-3-2-4-7-17)23(29)24(30)25(22)15-5-8-20(27)28/h2-4,6-7,9-14,22,29H,5,8,15H2,1H3,(H,27,28)/b14-11+. The number of aliphatic hydroxyl groups is 1. The Morgan fingerprint density at radius 2 is 1.73 bits per heavy atom. The number of aliphatic carboxylic acids is 1. The van der Waals surface area contributed by atoms with Crippen molar-refractivity contribution in [2.24, 2.45) is 0 Å². The van der Waals surface area contributed by atoms with Crippen molar-refractivity contribution >= 4 is 23.7 Å². The first-order valence-electron chi connectivity index (χ1n) is 9.68. The van der Waals surface area contributed by atoms with Crippen LogP contribution < -0.4 is 0 Å². The molecular formula is C24H23NO5. The molecular weight excluding hydrogens is 382 g/mol. The van der Waals surface area contributed by atoms with Gasteiger partial charge in [0.05, 0.1) is 11.6 Å². The number of amides is 1. The van der Waals surface area contributed by atoms with Crippen LogP contribution >= 0.6 is 0 Å². The van der Waals surface area contributed by atoms with Crippen molar-refractivity contribution in [3.8, 4) is 0 Å². The summed E-state index contributed by atoms with van der Waals surface area (Å²) in [5.74, 6) is -2.68. The number of carboxylic acid groups (broad SMARTS) is 1. The molecule has 0 aliphatic carbocycles. The van der Waals surface area contributed by atoms with Crippen LogP contribution in [-0.4, -0.2) is 39.3 Å². The van der Waals surface area contributed by atoms with E-state index in [0.717, 1.165) is 11.1 Å². The molecule has 3 rings (SSSR count). The lowest BCUT2D eigenvalue weighted by atomic mass is 9.95. The van der Waals surface area contributed by atoms with Crippen molar-refractivity contribution in [2.45, 2.75) is 25.8 Å². The van der Waals surface area contributed by atoms with E-state index < -0.39 is 29.5 Å². The molecule has 0 bridgehead atoms. The van der Waals surface area contributed by atoms with E-state index in [1.54, 1.807) is 6.08 Å². The summed E-state index contributed by atoms with van der Waals surface area (Å²) in [7, 11) is 0. The molecule has 2 aromatic carbocycles. The number of hydrogen-bond donors (Lipinski definition) is 2. The highest BCUT2D eigenvalue weighted by Gasteiger charge is 2.42. The van der Waals surface area contributed by atoms with E-state index in [4.69, 9.17) is 5.11 Å². The maximum atomic E-state index is 13.0. The van der Waals surface area contributed by atoms with Gasteiger partial charge in [-0.05, 0) is 30.5 Å². The average molecular weight is 405 g/mol. The van der Waals surface area contributed by atoms with Gasteiger partial charge in [-0.25, -0.2) is 0 Å². The second-order valence-corrected chi connectivity index (χ2v) is 7.18. The molecule has 1 aliphatic heterocycles. The van der Waals surface area contributed by atoms with Crippen LogP contribution in [0.4, 0.5) is 0 Å². The van der Waals surface area contributed by atoms with Gasteiger partial charge in [-0.2, -0.15) is 0 Å². The molecule has 2 aromatic rings. The highest BCUT2D eigenvalue weighted by Crippen LogP contribution is 2.38. The maximum Gasteiger partial charge on any atom is 0.303 e. The van der Waals surface area contributed by atoms with Crippen LogP contribution in [-0.2, 0) is 14.4 Å². The summed E-state index contributed by atoms with van der Waals surface area (Å²) in [6.45, 7) is 2.04. The summed E-state index contributed by atoms with van der Waals surface area (Å²) >= 11 is 0. The quantitative estimate of drug-likeness (QED) is 0.651. The Bertz CT molecular complexity index is 1010. The van der Waals surface area contributed by atoms with Crippen LogP contribution in [0.1, 0.15) is 35.6 Å². The van der Waals surface area contributed by atoms with Crippen molar-refractivity contribution in [1.29, 1.82) is 0 Å². The lowest BCUT2D eigenvalue weighted by Gasteiger charge is -2.26. The lowest BCUT2D eigenvalue weighted by molar-refractivity contribution is -0.138. The van der Waals surface area contributed by atoms with Crippen LogP contribution in [0.3, 0.4) is 0 Å². The number of carbonyl (C=O) groups is 3. The van der Waals surface area contributed by atoms with Crippen molar-refractivity contribution in [3.05, 3.63) is 88.7 Å². The molecule has 1 amide bonds. The van der Waals surface area contributed by atoms with E-state index in [1.807, 2.05) is 61.5 Å². The van der Waals surface area contributed by atoms with E-state index in [9.17, 15) is 19.5 Å². The number of benzene rings is 2. The first kappa shape index (κ1) is 21.0. The summed E-state index contributed by atoms with van der Waals surface area (Å²) in [5, 5.41) is 19.4. The second-order valence-electron chi connectivity index (χ2n) is 7.18.